The molecule has 0 saturated heterocycles. The molecule has 0 aliphatic rings. The second kappa shape index (κ2) is 5.03. The Bertz CT molecular complexity index is 530. The van der Waals surface area contributed by atoms with E-state index in [0.29, 0.717) is 18.4 Å². The molecule has 0 aromatic carbocycles. The molecule has 2 aromatic heterocycles. The van der Waals surface area contributed by atoms with Crippen LogP contribution in [-0.4, -0.2) is 27.3 Å². The first-order valence-corrected chi connectivity index (χ1v) is 5.74. The van der Waals surface area contributed by atoms with Gasteiger partial charge in [-0.2, -0.15) is 10.1 Å². The van der Waals surface area contributed by atoms with E-state index in [9.17, 15) is 0 Å². The van der Waals surface area contributed by atoms with Crippen LogP contribution in [0, 0.1) is 20.8 Å². The normalized spacial score (nSPS) is 10.4. The van der Waals surface area contributed by atoms with Crippen LogP contribution < -0.4 is 10.1 Å². The molecule has 0 amide bonds. The lowest BCUT2D eigenvalue weighted by atomic mass is 10.2. The molecule has 0 atom stereocenters. The van der Waals surface area contributed by atoms with Gasteiger partial charge in [0.2, 0.25) is 11.8 Å². The zero-order valence-corrected chi connectivity index (χ0v) is 11.0. The van der Waals surface area contributed by atoms with Crippen LogP contribution in [0.15, 0.2) is 6.07 Å². The van der Waals surface area contributed by atoms with Gasteiger partial charge in [0.25, 0.3) is 0 Å². The number of hydrogen-bond acceptors (Lipinski definition) is 5. The van der Waals surface area contributed by atoms with Gasteiger partial charge in [-0.1, -0.05) is 0 Å². The quantitative estimate of drug-likeness (QED) is 0.860. The molecule has 0 bridgehead atoms. The van der Waals surface area contributed by atoms with E-state index in [0.717, 1.165) is 22.6 Å². The Morgan fingerprint density at radius 2 is 2.06 bits per heavy atom. The van der Waals surface area contributed by atoms with Gasteiger partial charge in [-0.15, -0.1) is 0 Å². The highest BCUT2D eigenvalue weighted by Gasteiger charge is 2.07. The van der Waals surface area contributed by atoms with Gasteiger partial charge < -0.3 is 10.1 Å². The first kappa shape index (κ1) is 12.3. The van der Waals surface area contributed by atoms with E-state index in [4.69, 9.17) is 4.74 Å². The molecule has 0 aliphatic carbocycles. The molecule has 0 aliphatic heterocycles. The van der Waals surface area contributed by atoms with Crippen molar-refractivity contribution in [2.24, 2.45) is 0 Å². The molecule has 0 radical (unpaired) electrons. The van der Waals surface area contributed by atoms with Crippen molar-refractivity contribution in [2.75, 3.05) is 12.4 Å². The van der Waals surface area contributed by atoms with Gasteiger partial charge in [-0.3, -0.25) is 5.10 Å². The van der Waals surface area contributed by atoms with Crippen molar-refractivity contribution in [3.05, 3.63) is 28.7 Å². The van der Waals surface area contributed by atoms with Gasteiger partial charge in [0.1, 0.15) is 0 Å². The zero-order valence-electron chi connectivity index (χ0n) is 11.0. The minimum absolute atomic E-state index is 0.561. The molecule has 0 unspecified atom stereocenters. The smallest absolute Gasteiger partial charge is 0.226 e. The summed E-state index contributed by atoms with van der Waals surface area (Å²) in [6.45, 7) is 6.51. The number of nitrogens with zero attached hydrogens (tertiary/aromatic N) is 3. The largest absolute Gasteiger partial charge is 0.481 e. The van der Waals surface area contributed by atoms with E-state index in [1.807, 2.05) is 20.8 Å². The average molecular weight is 247 g/mol. The second-order valence-electron chi connectivity index (χ2n) is 4.14. The standard InChI is InChI=1S/C12H17N5O/c1-7-5-11(18-4)15-12(14-7)13-6-10-8(2)16-17-9(10)3/h5H,6H2,1-4H3,(H,16,17)(H,13,14,15). The highest BCUT2D eigenvalue weighted by molar-refractivity contribution is 5.34. The molecule has 6 heteroatoms. The third-order valence-corrected chi connectivity index (χ3v) is 2.74. The Hall–Kier alpha value is -2.11. The molecule has 0 fully saturated rings. The predicted octanol–water partition coefficient (Wildman–Crippen LogP) is 1.75. The van der Waals surface area contributed by atoms with Crippen LogP contribution in [0.1, 0.15) is 22.6 Å². The van der Waals surface area contributed by atoms with Crippen molar-refractivity contribution in [3.8, 4) is 5.88 Å². The summed E-state index contributed by atoms with van der Waals surface area (Å²) in [6, 6.07) is 1.79. The maximum atomic E-state index is 5.11. The maximum absolute atomic E-state index is 5.11. The number of aryl methyl sites for hydroxylation is 3. The minimum atomic E-state index is 0.561. The highest BCUT2D eigenvalue weighted by atomic mass is 16.5. The van der Waals surface area contributed by atoms with Gasteiger partial charge >= 0.3 is 0 Å². The van der Waals surface area contributed by atoms with Crippen LogP contribution in [-0.2, 0) is 6.54 Å². The lowest BCUT2D eigenvalue weighted by Gasteiger charge is -2.07. The molecule has 2 heterocycles. The van der Waals surface area contributed by atoms with Crippen LogP contribution in [0.2, 0.25) is 0 Å². The van der Waals surface area contributed by atoms with Crippen molar-refractivity contribution >= 4 is 5.95 Å². The topological polar surface area (TPSA) is 75.7 Å². The minimum Gasteiger partial charge on any atom is -0.481 e. The maximum Gasteiger partial charge on any atom is 0.226 e. The first-order chi connectivity index (χ1) is 8.60. The molecule has 2 aromatic rings. The van der Waals surface area contributed by atoms with E-state index >= 15 is 0 Å². The summed E-state index contributed by atoms with van der Waals surface area (Å²) in [5.74, 6) is 1.12. The summed E-state index contributed by atoms with van der Waals surface area (Å²) in [6.07, 6.45) is 0. The predicted molar refractivity (Wildman–Crippen MR) is 68.7 cm³/mol. The van der Waals surface area contributed by atoms with Gasteiger partial charge in [0.05, 0.1) is 12.8 Å². The fourth-order valence-electron chi connectivity index (χ4n) is 1.73. The molecule has 96 valence electrons. The monoisotopic (exact) mass is 247 g/mol. The van der Waals surface area contributed by atoms with Crippen molar-refractivity contribution in [1.82, 2.24) is 20.2 Å². The SMILES string of the molecule is COc1cc(C)nc(NCc2c(C)n[nH]c2C)n1. The van der Waals surface area contributed by atoms with Crippen LogP contribution >= 0.6 is 0 Å². The average Bonchev–Trinajstić information content (AvgIpc) is 2.66. The van der Waals surface area contributed by atoms with Crippen molar-refractivity contribution in [1.29, 1.82) is 0 Å². The number of rotatable bonds is 4. The highest BCUT2D eigenvalue weighted by Crippen LogP contribution is 2.14. The molecule has 18 heavy (non-hydrogen) atoms. The summed E-state index contributed by atoms with van der Waals surface area (Å²) >= 11 is 0. The van der Waals surface area contributed by atoms with Gasteiger partial charge in [0.15, 0.2) is 0 Å². The molecule has 2 rings (SSSR count). The number of anilines is 1. The molecular formula is C12H17N5O. The van der Waals surface area contributed by atoms with Crippen LogP contribution in [0.4, 0.5) is 5.95 Å². The van der Waals surface area contributed by atoms with Gasteiger partial charge in [0, 0.05) is 29.6 Å². The van der Waals surface area contributed by atoms with Crippen molar-refractivity contribution < 1.29 is 4.74 Å². The fraction of sp³-hybridized carbons (Fsp3) is 0.417. The Labute approximate surface area is 106 Å². The number of methoxy groups -OCH3 is 1. The second-order valence-corrected chi connectivity index (χ2v) is 4.14. The Balaban J connectivity index is 2.13. The van der Waals surface area contributed by atoms with Crippen molar-refractivity contribution in [2.45, 2.75) is 27.3 Å². The lowest BCUT2D eigenvalue weighted by molar-refractivity contribution is 0.397. The van der Waals surface area contributed by atoms with E-state index in [2.05, 4.69) is 25.5 Å². The van der Waals surface area contributed by atoms with Crippen LogP contribution in [0.3, 0.4) is 0 Å². The summed E-state index contributed by atoms with van der Waals surface area (Å²) < 4.78 is 5.11. The third kappa shape index (κ3) is 2.58. The molecule has 6 nitrogen and oxygen atoms in total. The molecule has 0 saturated carbocycles. The third-order valence-electron chi connectivity index (χ3n) is 2.74. The summed E-state index contributed by atoms with van der Waals surface area (Å²) in [7, 11) is 1.59. The Morgan fingerprint density at radius 3 is 2.67 bits per heavy atom. The van der Waals surface area contributed by atoms with E-state index in [1.54, 1.807) is 13.2 Å². The number of nitrogens with one attached hydrogen (secondary N) is 2. The van der Waals surface area contributed by atoms with E-state index in [1.165, 1.54) is 0 Å². The molecular weight excluding hydrogens is 230 g/mol. The number of ether oxygens (including phenoxy) is 1. The van der Waals surface area contributed by atoms with Crippen molar-refractivity contribution in [3.63, 3.8) is 0 Å². The summed E-state index contributed by atoms with van der Waals surface area (Å²) in [4.78, 5) is 8.54. The number of H-pyrrole nitrogens is 1. The zero-order chi connectivity index (χ0) is 13.1. The number of hydrogen-bond donors (Lipinski definition) is 2. The fourth-order valence-corrected chi connectivity index (χ4v) is 1.73. The summed E-state index contributed by atoms with van der Waals surface area (Å²) in [5, 5.41) is 10.3. The van der Waals surface area contributed by atoms with Gasteiger partial charge in [-0.05, 0) is 20.8 Å². The van der Waals surface area contributed by atoms with Crippen LogP contribution in [0.25, 0.3) is 0 Å². The molecule has 0 spiro atoms. The number of aromatic nitrogens is 4. The Morgan fingerprint density at radius 1 is 1.28 bits per heavy atom. The Kier molecular flexibility index (Phi) is 3.45. The number of aromatic amines is 1. The van der Waals surface area contributed by atoms with Crippen LogP contribution in [0.5, 0.6) is 5.88 Å². The first-order valence-electron chi connectivity index (χ1n) is 5.74. The lowest BCUT2D eigenvalue weighted by Crippen LogP contribution is -2.06. The van der Waals surface area contributed by atoms with E-state index < -0.39 is 0 Å². The molecule has 2 N–H and O–H groups in total. The van der Waals surface area contributed by atoms with Gasteiger partial charge in [-0.25, -0.2) is 4.98 Å². The van der Waals surface area contributed by atoms with E-state index in [-0.39, 0.29) is 0 Å². The summed E-state index contributed by atoms with van der Waals surface area (Å²) in [5.41, 5.74) is 4.04.